The highest BCUT2D eigenvalue weighted by atomic mass is 32.1. The van der Waals surface area contributed by atoms with Crippen LogP contribution < -0.4 is 9.54 Å². The van der Waals surface area contributed by atoms with Gasteiger partial charge >= 0.3 is 5.97 Å². The fraction of sp³-hybridized carbons (Fsp3) is 0.250. The molecule has 2 aromatic carbocycles. The van der Waals surface area contributed by atoms with Crippen molar-refractivity contribution in [2.45, 2.75) is 19.9 Å². The van der Waals surface area contributed by atoms with Crippen LogP contribution in [0.2, 0.25) is 0 Å². The molecule has 27 heavy (non-hydrogen) atoms. The van der Waals surface area contributed by atoms with Crippen LogP contribution in [0.3, 0.4) is 0 Å². The van der Waals surface area contributed by atoms with E-state index in [1.165, 1.54) is 24.0 Å². The Balaban J connectivity index is 1.92. The molecule has 140 valence electrons. The maximum absolute atomic E-state index is 12.3. The van der Waals surface area contributed by atoms with Crippen molar-refractivity contribution in [3.05, 3.63) is 58.9 Å². The van der Waals surface area contributed by atoms with Crippen LogP contribution in [0.15, 0.2) is 53.5 Å². The molecule has 0 aliphatic carbocycles. The van der Waals surface area contributed by atoms with Gasteiger partial charge in [-0.3, -0.25) is 9.59 Å². The number of carbonyl (C=O) groups is 2. The standard InChI is InChI=1S/C20H20N2O4S/c1-3-14-9-10-16-17(11-14)27-20(22(16)12-19(24)25-2)21-18(23)13-26-15-7-5-4-6-8-15/h4-11H,3,12-13H2,1-2H3. The average molecular weight is 384 g/mol. The number of rotatable bonds is 6. The smallest absolute Gasteiger partial charge is 0.325 e. The Morgan fingerprint density at radius 2 is 1.93 bits per heavy atom. The molecule has 1 heterocycles. The molecule has 1 aromatic heterocycles. The summed E-state index contributed by atoms with van der Waals surface area (Å²) in [4.78, 5) is 28.7. The topological polar surface area (TPSA) is 69.9 Å². The molecule has 0 unspecified atom stereocenters. The van der Waals surface area contributed by atoms with Gasteiger partial charge in [-0.05, 0) is 36.2 Å². The van der Waals surface area contributed by atoms with Crippen LogP contribution in [0.25, 0.3) is 10.2 Å². The van der Waals surface area contributed by atoms with Gasteiger partial charge < -0.3 is 14.0 Å². The molecule has 0 aliphatic heterocycles. The second kappa shape index (κ2) is 8.64. The van der Waals surface area contributed by atoms with E-state index < -0.39 is 11.9 Å². The predicted octanol–water partition coefficient (Wildman–Crippen LogP) is 2.94. The first-order valence-corrected chi connectivity index (χ1v) is 9.37. The summed E-state index contributed by atoms with van der Waals surface area (Å²) in [6.07, 6.45) is 0.904. The highest BCUT2D eigenvalue weighted by molar-refractivity contribution is 7.16. The number of aryl methyl sites for hydroxylation is 1. The van der Waals surface area contributed by atoms with E-state index in [9.17, 15) is 9.59 Å². The van der Waals surface area contributed by atoms with Crippen LogP contribution in [0, 0.1) is 0 Å². The van der Waals surface area contributed by atoms with Crippen molar-refractivity contribution in [3.8, 4) is 5.75 Å². The van der Waals surface area contributed by atoms with Crippen LogP contribution >= 0.6 is 11.3 Å². The number of fused-ring (bicyclic) bond motifs is 1. The van der Waals surface area contributed by atoms with Crippen molar-refractivity contribution >= 4 is 33.4 Å². The van der Waals surface area contributed by atoms with Gasteiger partial charge in [0.05, 0.1) is 17.3 Å². The third kappa shape index (κ3) is 4.62. The first-order valence-electron chi connectivity index (χ1n) is 8.55. The number of carbonyl (C=O) groups excluding carboxylic acids is 2. The highest BCUT2D eigenvalue weighted by Crippen LogP contribution is 2.20. The Bertz CT molecular complexity index is 1020. The van der Waals surface area contributed by atoms with Gasteiger partial charge in [0.2, 0.25) is 0 Å². The number of thiazole rings is 1. The van der Waals surface area contributed by atoms with Gasteiger partial charge in [0.15, 0.2) is 11.4 Å². The Morgan fingerprint density at radius 1 is 1.15 bits per heavy atom. The molecular weight excluding hydrogens is 364 g/mol. The Hall–Kier alpha value is -2.93. The number of methoxy groups -OCH3 is 1. The Morgan fingerprint density at radius 3 is 2.63 bits per heavy atom. The fourth-order valence-electron chi connectivity index (χ4n) is 2.57. The Labute approximate surface area is 160 Å². The first-order chi connectivity index (χ1) is 13.1. The lowest BCUT2D eigenvalue weighted by Crippen LogP contribution is -2.23. The van der Waals surface area contributed by atoms with E-state index in [0.29, 0.717) is 10.6 Å². The number of hydrogen-bond acceptors (Lipinski definition) is 5. The van der Waals surface area contributed by atoms with Crippen molar-refractivity contribution in [3.63, 3.8) is 0 Å². The Kier molecular flexibility index (Phi) is 6.03. The molecular formula is C20H20N2O4S. The van der Waals surface area contributed by atoms with E-state index in [-0.39, 0.29) is 13.2 Å². The molecule has 1 amide bonds. The zero-order valence-electron chi connectivity index (χ0n) is 15.2. The van der Waals surface area contributed by atoms with Gasteiger partial charge in [0.1, 0.15) is 12.3 Å². The summed E-state index contributed by atoms with van der Waals surface area (Å²) in [7, 11) is 1.34. The minimum Gasteiger partial charge on any atom is -0.484 e. The zero-order chi connectivity index (χ0) is 19.2. The SMILES string of the molecule is CCc1ccc2c(c1)sc(=NC(=O)COc1ccccc1)n2CC(=O)OC. The molecule has 0 saturated heterocycles. The molecule has 0 N–H and O–H groups in total. The largest absolute Gasteiger partial charge is 0.484 e. The molecule has 0 fully saturated rings. The van der Waals surface area contributed by atoms with Crippen molar-refractivity contribution in [1.29, 1.82) is 0 Å². The van der Waals surface area contributed by atoms with Gasteiger partial charge in [0, 0.05) is 0 Å². The normalized spacial score (nSPS) is 11.6. The van der Waals surface area contributed by atoms with E-state index in [0.717, 1.165) is 16.6 Å². The molecule has 0 aliphatic rings. The van der Waals surface area contributed by atoms with Gasteiger partial charge in [-0.25, -0.2) is 0 Å². The molecule has 3 rings (SSSR count). The van der Waals surface area contributed by atoms with Gasteiger partial charge in [-0.15, -0.1) is 0 Å². The van der Waals surface area contributed by atoms with Crippen molar-refractivity contribution < 1.29 is 19.1 Å². The van der Waals surface area contributed by atoms with Crippen LogP contribution in [0.4, 0.5) is 0 Å². The van der Waals surface area contributed by atoms with Crippen molar-refractivity contribution in [2.75, 3.05) is 13.7 Å². The summed E-state index contributed by atoms with van der Waals surface area (Å²) in [5.41, 5.74) is 2.03. The van der Waals surface area contributed by atoms with E-state index in [1.54, 1.807) is 16.7 Å². The quantitative estimate of drug-likeness (QED) is 0.613. The van der Waals surface area contributed by atoms with Crippen molar-refractivity contribution in [2.24, 2.45) is 4.99 Å². The first kappa shape index (κ1) is 18.8. The molecule has 0 atom stereocenters. The van der Waals surface area contributed by atoms with Gasteiger partial charge in [0.25, 0.3) is 5.91 Å². The molecule has 3 aromatic rings. The average Bonchev–Trinajstić information content (AvgIpc) is 3.03. The second-order valence-corrected chi connectivity index (χ2v) is 6.82. The second-order valence-electron chi connectivity index (χ2n) is 5.81. The monoisotopic (exact) mass is 384 g/mol. The number of hydrogen-bond donors (Lipinski definition) is 0. The molecule has 6 nitrogen and oxygen atoms in total. The number of ether oxygens (including phenoxy) is 2. The lowest BCUT2D eigenvalue weighted by Gasteiger charge is -2.05. The summed E-state index contributed by atoms with van der Waals surface area (Å²) in [5.74, 6) is -0.212. The van der Waals surface area contributed by atoms with Crippen LogP contribution in [0.1, 0.15) is 12.5 Å². The minimum absolute atomic E-state index is 0.00632. The molecule has 0 saturated carbocycles. The van der Waals surface area contributed by atoms with Crippen LogP contribution in [-0.2, 0) is 27.3 Å². The summed E-state index contributed by atoms with van der Waals surface area (Å²) in [6.45, 7) is 1.90. The van der Waals surface area contributed by atoms with Crippen molar-refractivity contribution in [1.82, 2.24) is 4.57 Å². The maximum atomic E-state index is 12.3. The lowest BCUT2D eigenvalue weighted by molar-refractivity contribution is -0.141. The van der Waals surface area contributed by atoms with Gasteiger partial charge in [-0.1, -0.05) is 42.5 Å². The molecule has 0 spiro atoms. The van der Waals surface area contributed by atoms with E-state index in [2.05, 4.69) is 18.0 Å². The van der Waals surface area contributed by atoms with E-state index >= 15 is 0 Å². The van der Waals surface area contributed by atoms with E-state index in [4.69, 9.17) is 9.47 Å². The molecule has 0 bridgehead atoms. The summed E-state index contributed by atoms with van der Waals surface area (Å²) in [6, 6.07) is 15.1. The maximum Gasteiger partial charge on any atom is 0.325 e. The van der Waals surface area contributed by atoms with E-state index in [1.807, 2.05) is 30.3 Å². The number of amides is 1. The minimum atomic E-state index is -0.417. The summed E-state index contributed by atoms with van der Waals surface area (Å²) < 4.78 is 12.9. The highest BCUT2D eigenvalue weighted by Gasteiger charge is 2.12. The van der Waals surface area contributed by atoms with Crippen LogP contribution in [0.5, 0.6) is 5.75 Å². The lowest BCUT2D eigenvalue weighted by atomic mass is 10.2. The molecule has 0 radical (unpaired) electrons. The van der Waals surface area contributed by atoms with Crippen LogP contribution in [-0.4, -0.2) is 30.2 Å². The fourth-order valence-corrected chi connectivity index (χ4v) is 3.68. The van der Waals surface area contributed by atoms with Gasteiger partial charge in [-0.2, -0.15) is 4.99 Å². The summed E-state index contributed by atoms with van der Waals surface area (Å²) in [5, 5.41) is 0. The third-order valence-corrected chi connectivity index (χ3v) is 5.04. The number of benzene rings is 2. The predicted molar refractivity (Wildman–Crippen MR) is 104 cm³/mol. The molecule has 7 heteroatoms. The zero-order valence-corrected chi connectivity index (χ0v) is 16.0. The third-order valence-electron chi connectivity index (χ3n) is 4.00. The number of nitrogens with zero attached hydrogens (tertiary/aromatic N) is 2. The number of aromatic nitrogens is 1. The number of para-hydroxylation sites is 1. The number of esters is 1. The summed E-state index contributed by atoms with van der Waals surface area (Å²) >= 11 is 1.37.